The van der Waals surface area contributed by atoms with Crippen LogP contribution in [0.2, 0.25) is 0 Å². The topological polar surface area (TPSA) is 38.3 Å². The molecular formula is C37H59NO2. The third kappa shape index (κ3) is 4.13. The highest BCUT2D eigenvalue weighted by Gasteiger charge is 2.68. The number of nitrogens with one attached hydrogen (secondary N) is 1. The fourth-order valence-corrected chi connectivity index (χ4v) is 12.9. The first kappa shape index (κ1) is 29.2. The standard InChI is InChI=1S/C37H59NO2/c1-33(2)28(27-11-9-26(25-39)10-12-27)15-20-35(4)31(33)17-21-34(3)29-16-22-37(38-23-8-24-40-6)19-7-18-36(37,5)30(29)13-14-32(34)35/h11,15,25-26,29-32,38H,7-10,12-14,16-24H2,1-6H3/t26-,29?,30-,31?,32?,34-,35-,36+,37-/m0/s1. The molecule has 3 heteroatoms. The van der Waals surface area contributed by atoms with Gasteiger partial charge in [0.1, 0.15) is 6.29 Å². The van der Waals surface area contributed by atoms with Crippen LogP contribution in [0.15, 0.2) is 23.3 Å². The number of aldehydes is 1. The lowest BCUT2D eigenvalue weighted by Crippen LogP contribution is -2.67. The fraction of sp³-hybridized carbons (Fsp3) is 0.865. The van der Waals surface area contributed by atoms with Gasteiger partial charge in [-0.15, -0.1) is 0 Å². The Hall–Kier alpha value is -0.930. The van der Waals surface area contributed by atoms with Gasteiger partial charge in [-0.05, 0) is 146 Å². The zero-order valence-electron chi connectivity index (χ0n) is 26.7. The third-order valence-electron chi connectivity index (χ3n) is 14.8. The maximum absolute atomic E-state index is 11.4. The molecule has 0 amide bonds. The Labute approximate surface area is 245 Å². The highest BCUT2D eigenvalue weighted by atomic mass is 16.5. The van der Waals surface area contributed by atoms with Gasteiger partial charge in [0.15, 0.2) is 0 Å². The molecule has 0 saturated heterocycles. The second-order valence-electron chi connectivity index (χ2n) is 16.6. The van der Waals surface area contributed by atoms with Gasteiger partial charge in [-0.2, -0.15) is 0 Å². The van der Waals surface area contributed by atoms with E-state index >= 15 is 0 Å². The number of allylic oxidation sites excluding steroid dienone is 4. The predicted molar refractivity (Wildman–Crippen MR) is 165 cm³/mol. The lowest BCUT2D eigenvalue weighted by atomic mass is 9.35. The van der Waals surface area contributed by atoms with Crippen LogP contribution in [0, 0.1) is 51.2 Å². The molecule has 0 aromatic rings. The number of fused-ring (bicyclic) bond motifs is 7. The summed E-state index contributed by atoms with van der Waals surface area (Å²) < 4.78 is 5.38. The van der Waals surface area contributed by atoms with Crippen molar-refractivity contribution in [2.75, 3.05) is 20.3 Å². The lowest BCUT2D eigenvalue weighted by Gasteiger charge is -2.70. The van der Waals surface area contributed by atoms with Crippen LogP contribution >= 0.6 is 0 Å². The Morgan fingerprint density at radius 3 is 2.45 bits per heavy atom. The summed E-state index contributed by atoms with van der Waals surface area (Å²) in [6.45, 7) is 15.3. The molecule has 6 rings (SSSR count). The van der Waals surface area contributed by atoms with E-state index in [1.54, 1.807) is 11.1 Å². The van der Waals surface area contributed by atoms with Crippen molar-refractivity contribution < 1.29 is 9.53 Å². The molecule has 4 saturated carbocycles. The van der Waals surface area contributed by atoms with Gasteiger partial charge in [0.2, 0.25) is 0 Å². The van der Waals surface area contributed by atoms with E-state index in [4.69, 9.17) is 4.74 Å². The van der Waals surface area contributed by atoms with Crippen molar-refractivity contribution in [2.24, 2.45) is 51.2 Å². The summed E-state index contributed by atoms with van der Waals surface area (Å²) in [5, 5.41) is 4.18. The minimum Gasteiger partial charge on any atom is -0.385 e. The maximum Gasteiger partial charge on any atom is 0.123 e. The van der Waals surface area contributed by atoms with Crippen LogP contribution in [0.4, 0.5) is 0 Å². The molecule has 0 bridgehead atoms. The Kier molecular flexibility index (Phi) is 7.55. The molecule has 3 unspecified atom stereocenters. The summed E-state index contributed by atoms with van der Waals surface area (Å²) in [6.07, 6.45) is 24.5. The van der Waals surface area contributed by atoms with E-state index < -0.39 is 0 Å². The maximum atomic E-state index is 11.4. The van der Waals surface area contributed by atoms with E-state index in [2.05, 4.69) is 52.1 Å². The van der Waals surface area contributed by atoms with Crippen molar-refractivity contribution in [3.63, 3.8) is 0 Å². The molecule has 0 radical (unpaired) electrons. The lowest BCUT2D eigenvalue weighted by molar-refractivity contribution is -0.191. The van der Waals surface area contributed by atoms with E-state index in [0.717, 1.165) is 62.5 Å². The van der Waals surface area contributed by atoms with Crippen molar-refractivity contribution in [2.45, 2.75) is 130 Å². The van der Waals surface area contributed by atoms with E-state index in [1.165, 1.54) is 70.5 Å². The molecular weight excluding hydrogens is 490 g/mol. The van der Waals surface area contributed by atoms with Crippen molar-refractivity contribution in [1.82, 2.24) is 5.32 Å². The van der Waals surface area contributed by atoms with Crippen LogP contribution < -0.4 is 5.32 Å². The van der Waals surface area contributed by atoms with Gasteiger partial charge >= 0.3 is 0 Å². The molecule has 9 atom stereocenters. The van der Waals surface area contributed by atoms with E-state index in [0.29, 0.717) is 21.8 Å². The summed E-state index contributed by atoms with van der Waals surface area (Å²) in [4.78, 5) is 11.4. The second-order valence-corrected chi connectivity index (χ2v) is 16.6. The van der Waals surface area contributed by atoms with Gasteiger partial charge in [-0.25, -0.2) is 0 Å². The molecule has 0 spiro atoms. The Balaban J connectivity index is 1.26. The summed E-state index contributed by atoms with van der Waals surface area (Å²) in [7, 11) is 1.83. The van der Waals surface area contributed by atoms with Gasteiger partial charge < -0.3 is 14.8 Å². The van der Waals surface area contributed by atoms with Crippen LogP contribution in [0.5, 0.6) is 0 Å². The monoisotopic (exact) mass is 549 g/mol. The third-order valence-corrected chi connectivity index (χ3v) is 14.8. The molecule has 0 aliphatic heterocycles. The molecule has 3 nitrogen and oxygen atoms in total. The zero-order valence-corrected chi connectivity index (χ0v) is 26.7. The fourth-order valence-electron chi connectivity index (χ4n) is 12.9. The van der Waals surface area contributed by atoms with E-state index in [-0.39, 0.29) is 11.3 Å². The number of hydrogen-bond acceptors (Lipinski definition) is 3. The SMILES string of the molecule is COCCCN[C@]12CCC[C@]1(C)[C@H]1CCC3[C@@](C)(CCC4C(C)(C)C(C5=CC[C@H](C=O)CC5)=CC[C@@]43C)C1CC2. The normalized spacial score (nSPS) is 47.7. The molecule has 40 heavy (non-hydrogen) atoms. The smallest absolute Gasteiger partial charge is 0.123 e. The molecule has 0 aromatic heterocycles. The van der Waals surface area contributed by atoms with Crippen LogP contribution in [0.25, 0.3) is 0 Å². The van der Waals surface area contributed by atoms with Crippen molar-refractivity contribution in [3.05, 3.63) is 23.3 Å². The second kappa shape index (κ2) is 10.4. The van der Waals surface area contributed by atoms with Crippen molar-refractivity contribution in [1.29, 1.82) is 0 Å². The zero-order chi connectivity index (χ0) is 28.4. The van der Waals surface area contributed by atoms with Gasteiger partial charge in [0.05, 0.1) is 0 Å². The largest absolute Gasteiger partial charge is 0.385 e. The summed E-state index contributed by atoms with van der Waals surface area (Å²) in [6, 6.07) is 0. The molecule has 0 heterocycles. The quantitative estimate of drug-likeness (QED) is 0.255. The van der Waals surface area contributed by atoms with Gasteiger partial charge in [-0.1, -0.05) is 53.2 Å². The first-order chi connectivity index (χ1) is 19.1. The minimum atomic E-state index is 0.219. The van der Waals surface area contributed by atoms with Gasteiger partial charge in [0.25, 0.3) is 0 Å². The van der Waals surface area contributed by atoms with E-state index in [9.17, 15) is 4.79 Å². The van der Waals surface area contributed by atoms with Crippen LogP contribution in [-0.4, -0.2) is 32.1 Å². The summed E-state index contributed by atoms with van der Waals surface area (Å²) in [5.41, 5.74) is 5.10. The Morgan fingerprint density at radius 1 is 0.900 bits per heavy atom. The van der Waals surface area contributed by atoms with Crippen molar-refractivity contribution in [3.8, 4) is 0 Å². The predicted octanol–water partition coefficient (Wildman–Crippen LogP) is 8.68. The Morgan fingerprint density at radius 2 is 1.73 bits per heavy atom. The molecule has 1 N–H and O–H groups in total. The van der Waals surface area contributed by atoms with Gasteiger partial charge in [0, 0.05) is 25.2 Å². The molecule has 224 valence electrons. The molecule has 0 aromatic carbocycles. The number of carbonyl (C=O) groups excluding carboxylic acids is 1. The summed E-state index contributed by atoms with van der Waals surface area (Å²) >= 11 is 0. The van der Waals surface area contributed by atoms with Crippen molar-refractivity contribution >= 4 is 6.29 Å². The number of hydrogen-bond donors (Lipinski definition) is 1. The van der Waals surface area contributed by atoms with E-state index in [1.807, 2.05) is 7.11 Å². The number of ether oxygens (including phenoxy) is 1. The number of methoxy groups -OCH3 is 1. The Bertz CT molecular complexity index is 1040. The molecule has 4 fully saturated rings. The minimum absolute atomic E-state index is 0.219. The average Bonchev–Trinajstić information content (AvgIpc) is 3.28. The first-order valence-electron chi connectivity index (χ1n) is 17.1. The van der Waals surface area contributed by atoms with Crippen LogP contribution in [0.1, 0.15) is 125 Å². The van der Waals surface area contributed by atoms with Crippen LogP contribution in [-0.2, 0) is 9.53 Å². The van der Waals surface area contributed by atoms with Crippen LogP contribution in [0.3, 0.4) is 0 Å². The molecule has 6 aliphatic rings. The summed E-state index contributed by atoms with van der Waals surface area (Å²) in [5.74, 6) is 3.59. The highest BCUT2D eigenvalue weighted by molar-refractivity contribution is 5.55. The molecule has 6 aliphatic carbocycles. The average molecular weight is 550 g/mol. The van der Waals surface area contributed by atoms with Gasteiger partial charge in [-0.3, -0.25) is 0 Å². The first-order valence-corrected chi connectivity index (χ1v) is 17.1. The number of rotatable bonds is 7. The number of carbonyl (C=O) groups is 1. The highest BCUT2D eigenvalue weighted by Crippen LogP contribution is 2.74.